The van der Waals surface area contributed by atoms with Crippen molar-refractivity contribution in [1.82, 2.24) is 14.7 Å². The molecule has 0 unspecified atom stereocenters. The fourth-order valence-corrected chi connectivity index (χ4v) is 5.29. The monoisotopic (exact) mass is 535 g/mol. The first-order valence-electron chi connectivity index (χ1n) is 13.5. The number of hydrogen-bond acceptors (Lipinski definition) is 5. The summed E-state index contributed by atoms with van der Waals surface area (Å²) in [4.78, 5) is 45.4. The highest BCUT2D eigenvalue weighted by Crippen LogP contribution is 2.27. The molecule has 8 nitrogen and oxygen atoms in total. The molecular weight excluding hydrogens is 494 g/mol. The van der Waals surface area contributed by atoms with Gasteiger partial charge in [-0.3, -0.25) is 14.4 Å². The molecule has 0 radical (unpaired) electrons. The lowest BCUT2D eigenvalue weighted by atomic mass is 9.98. The highest BCUT2D eigenvalue weighted by atomic mass is 35.5. The molecule has 1 atom stereocenters. The Kier molecular flexibility index (Phi) is 11.1. The van der Waals surface area contributed by atoms with Crippen LogP contribution in [0.4, 0.5) is 0 Å². The smallest absolute Gasteiger partial charge is 0.258 e. The lowest BCUT2D eigenvalue weighted by Crippen LogP contribution is -2.51. The largest absolute Gasteiger partial charge is 0.493 e. The molecule has 206 valence electrons. The molecule has 1 aromatic carbocycles. The Morgan fingerprint density at radius 1 is 0.973 bits per heavy atom. The van der Waals surface area contributed by atoms with Crippen LogP contribution in [0.25, 0.3) is 0 Å². The van der Waals surface area contributed by atoms with Gasteiger partial charge in [0.25, 0.3) is 5.91 Å². The van der Waals surface area contributed by atoms with E-state index >= 15 is 0 Å². The number of carbonyl (C=O) groups excluding carboxylic acids is 3. The molecule has 9 heteroatoms. The van der Waals surface area contributed by atoms with Crippen LogP contribution >= 0.6 is 11.6 Å². The first kappa shape index (κ1) is 29.2. The summed E-state index contributed by atoms with van der Waals surface area (Å²) in [7, 11) is 3.44. The minimum atomic E-state index is -0.619. The van der Waals surface area contributed by atoms with Gasteiger partial charge in [-0.25, -0.2) is 0 Å². The fraction of sp³-hybridized carbons (Fsp3) is 0.679. The third-order valence-electron chi connectivity index (χ3n) is 7.30. The van der Waals surface area contributed by atoms with E-state index in [0.717, 1.165) is 38.5 Å². The van der Waals surface area contributed by atoms with Crippen molar-refractivity contribution in [3.63, 3.8) is 0 Å². The maximum absolute atomic E-state index is 13.5. The molecule has 2 aliphatic heterocycles. The van der Waals surface area contributed by atoms with Crippen LogP contribution in [-0.4, -0.2) is 92.0 Å². The second kappa shape index (κ2) is 14.0. The van der Waals surface area contributed by atoms with E-state index in [1.54, 1.807) is 37.2 Å². The number of nitrogens with zero attached hydrogens (tertiary/aromatic N) is 3. The molecule has 1 aromatic rings. The van der Waals surface area contributed by atoms with Crippen molar-refractivity contribution in [2.75, 3.05) is 53.6 Å². The summed E-state index contributed by atoms with van der Waals surface area (Å²) < 4.78 is 11.5. The highest BCUT2D eigenvalue weighted by molar-refractivity contribution is 6.31. The van der Waals surface area contributed by atoms with Crippen molar-refractivity contribution >= 4 is 29.3 Å². The van der Waals surface area contributed by atoms with Crippen molar-refractivity contribution in [1.29, 1.82) is 0 Å². The molecule has 0 spiro atoms. The third-order valence-corrected chi connectivity index (χ3v) is 7.54. The zero-order chi connectivity index (χ0) is 26.9. The second-order valence-corrected chi connectivity index (χ2v) is 10.9. The van der Waals surface area contributed by atoms with Crippen LogP contribution in [0.15, 0.2) is 18.2 Å². The SMILES string of the molecule is CC(C)[C@H]1C(=O)N(C)CCCCN(C(=O)C2CCOCC2)CCCCOc2ccc(Cl)cc2C(=O)N1C. The third kappa shape index (κ3) is 7.84. The van der Waals surface area contributed by atoms with Crippen LogP contribution in [-0.2, 0) is 14.3 Å². The molecule has 0 aliphatic carbocycles. The molecular formula is C28H42ClN3O5. The van der Waals surface area contributed by atoms with E-state index in [0.29, 0.717) is 55.8 Å². The molecule has 2 heterocycles. The molecule has 1 saturated heterocycles. The van der Waals surface area contributed by atoms with Crippen molar-refractivity contribution in [3.05, 3.63) is 28.8 Å². The van der Waals surface area contributed by atoms with E-state index in [1.807, 2.05) is 18.7 Å². The Balaban J connectivity index is 1.82. The van der Waals surface area contributed by atoms with Gasteiger partial charge in [0.05, 0.1) is 12.2 Å². The van der Waals surface area contributed by atoms with Crippen LogP contribution < -0.4 is 4.74 Å². The van der Waals surface area contributed by atoms with Gasteiger partial charge in [-0.05, 0) is 62.6 Å². The summed E-state index contributed by atoms with van der Waals surface area (Å²) >= 11 is 6.23. The van der Waals surface area contributed by atoms with Crippen molar-refractivity contribution in [2.24, 2.45) is 11.8 Å². The van der Waals surface area contributed by atoms with Crippen molar-refractivity contribution in [3.8, 4) is 5.75 Å². The average molecular weight is 536 g/mol. The van der Waals surface area contributed by atoms with Gasteiger partial charge in [-0.2, -0.15) is 0 Å². The summed E-state index contributed by atoms with van der Waals surface area (Å²) in [6.45, 7) is 7.48. The zero-order valence-electron chi connectivity index (χ0n) is 22.7. The number of benzene rings is 1. The normalized spacial score (nSPS) is 22.0. The Bertz CT molecular complexity index is 934. The summed E-state index contributed by atoms with van der Waals surface area (Å²) in [5.41, 5.74) is 0.344. The van der Waals surface area contributed by atoms with E-state index in [9.17, 15) is 14.4 Å². The van der Waals surface area contributed by atoms with E-state index < -0.39 is 6.04 Å². The van der Waals surface area contributed by atoms with E-state index in [2.05, 4.69) is 0 Å². The lowest BCUT2D eigenvalue weighted by Gasteiger charge is -2.34. The maximum atomic E-state index is 13.5. The molecule has 0 saturated carbocycles. The number of amides is 3. The van der Waals surface area contributed by atoms with E-state index in [1.165, 1.54) is 4.90 Å². The molecule has 3 amide bonds. The molecule has 0 bridgehead atoms. The van der Waals surface area contributed by atoms with Gasteiger partial charge >= 0.3 is 0 Å². The Labute approximate surface area is 226 Å². The predicted molar refractivity (Wildman–Crippen MR) is 144 cm³/mol. The van der Waals surface area contributed by atoms with Gasteiger partial charge < -0.3 is 24.2 Å². The van der Waals surface area contributed by atoms with Crippen LogP contribution in [0.3, 0.4) is 0 Å². The van der Waals surface area contributed by atoms with Gasteiger partial charge in [-0.1, -0.05) is 25.4 Å². The first-order chi connectivity index (χ1) is 17.7. The minimum Gasteiger partial charge on any atom is -0.493 e. The van der Waals surface area contributed by atoms with E-state index in [-0.39, 0.29) is 29.6 Å². The van der Waals surface area contributed by atoms with Crippen molar-refractivity contribution < 1.29 is 23.9 Å². The quantitative estimate of drug-likeness (QED) is 0.569. The molecule has 37 heavy (non-hydrogen) atoms. The highest BCUT2D eigenvalue weighted by Gasteiger charge is 2.33. The Morgan fingerprint density at radius 3 is 2.30 bits per heavy atom. The molecule has 0 N–H and O–H groups in total. The number of carbonyl (C=O) groups is 3. The molecule has 3 rings (SSSR count). The maximum Gasteiger partial charge on any atom is 0.258 e. The van der Waals surface area contributed by atoms with E-state index in [4.69, 9.17) is 21.1 Å². The number of likely N-dealkylation sites (N-methyl/N-ethyl adjacent to an activating group) is 2. The summed E-state index contributed by atoms with van der Waals surface area (Å²) in [6, 6.07) is 4.39. The minimum absolute atomic E-state index is 0.0216. The summed E-state index contributed by atoms with van der Waals surface area (Å²) in [6.07, 6.45) is 4.69. The number of hydrogen-bond donors (Lipinski definition) is 0. The molecule has 2 aliphatic rings. The number of halogens is 1. The topological polar surface area (TPSA) is 79.4 Å². The van der Waals surface area contributed by atoms with Gasteiger partial charge in [0.2, 0.25) is 11.8 Å². The Morgan fingerprint density at radius 2 is 1.62 bits per heavy atom. The average Bonchev–Trinajstić information content (AvgIpc) is 2.89. The van der Waals surface area contributed by atoms with Gasteiger partial charge in [-0.15, -0.1) is 0 Å². The van der Waals surface area contributed by atoms with Gasteiger partial charge in [0, 0.05) is 57.9 Å². The van der Waals surface area contributed by atoms with Gasteiger partial charge in [0.1, 0.15) is 11.8 Å². The summed E-state index contributed by atoms with van der Waals surface area (Å²) in [5, 5.41) is 0.432. The fourth-order valence-electron chi connectivity index (χ4n) is 5.12. The second-order valence-electron chi connectivity index (χ2n) is 10.5. The van der Waals surface area contributed by atoms with Crippen LogP contribution in [0, 0.1) is 11.8 Å². The first-order valence-corrected chi connectivity index (χ1v) is 13.9. The van der Waals surface area contributed by atoms with Crippen LogP contribution in [0.2, 0.25) is 5.02 Å². The predicted octanol–water partition coefficient (Wildman–Crippen LogP) is 4.10. The Hall–Kier alpha value is -2.32. The van der Waals surface area contributed by atoms with Crippen LogP contribution in [0.5, 0.6) is 5.75 Å². The van der Waals surface area contributed by atoms with Crippen LogP contribution in [0.1, 0.15) is 62.7 Å². The standard InChI is InChI=1S/C28H42ClN3O5/c1-20(2)25-28(35)30(3)13-5-6-14-32(26(33)21-11-17-36-18-12-21)15-7-8-16-37-24-10-9-22(29)19-23(24)27(34)31(25)4/h9-10,19-21,25H,5-8,11-18H2,1-4H3/t25-/m0/s1. The number of fused-ring (bicyclic) bond motifs is 1. The summed E-state index contributed by atoms with van der Waals surface area (Å²) in [5.74, 6) is 0.198. The molecule has 0 aromatic heterocycles. The zero-order valence-corrected chi connectivity index (χ0v) is 23.5. The number of ether oxygens (including phenoxy) is 2. The number of rotatable bonds is 2. The van der Waals surface area contributed by atoms with Crippen molar-refractivity contribution in [2.45, 2.75) is 58.4 Å². The lowest BCUT2D eigenvalue weighted by molar-refractivity contribution is -0.139. The van der Waals surface area contributed by atoms with Gasteiger partial charge in [0.15, 0.2) is 0 Å². The molecule has 1 fully saturated rings.